The summed E-state index contributed by atoms with van der Waals surface area (Å²) in [6.45, 7) is 3.97. The normalized spacial score (nSPS) is 10.8. The second-order valence-electron chi connectivity index (χ2n) is 6.80. The zero-order chi connectivity index (χ0) is 21.3. The zero-order valence-corrected chi connectivity index (χ0v) is 17.1. The van der Waals surface area contributed by atoms with Gasteiger partial charge in [-0.3, -0.25) is 4.79 Å². The molecule has 3 aromatic carbocycles. The van der Waals surface area contributed by atoms with Gasteiger partial charge in [0.1, 0.15) is 11.6 Å². The SMILES string of the molecule is CCc1cccc(C)c1NC(=O)/C(C#N)=C\Nc1ccc(Nc2ccccc2)cc1. The van der Waals surface area contributed by atoms with Crippen LogP contribution in [0.2, 0.25) is 0 Å². The Morgan fingerprint density at radius 3 is 2.27 bits per heavy atom. The van der Waals surface area contributed by atoms with E-state index in [2.05, 4.69) is 16.0 Å². The molecule has 0 heterocycles. The average Bonchev–Trinajstić information content (AvgIpc) is 2.77. The molecule has 0 bridgehead atoms. The van der Waals surface area contributed by atoms with E-state index < -0.39 is 5.91 Å². The highest BCUT2D eigenvalue weighted by atomic mass is 16.1. The van der Waals surface area contributed by atoms with Crippen LogP contribution in [0.5, 0.6) is 0 Å². The van der Waals surface area contributed by atoms with E-state index in [9.17, 15) is 10.1 Å². The molecule has 5 heteroatoms. The van der Waals surface area contributed by atoms with Gasteiger partial charge in [-0.1, -0.05) is 43.3 Å². The van der Waals surface area contributed by atoms with Gasteiger partial charge in [-0.05, 0) is 60.9 Å². The van der Waals surface area contributed by atoms with Gasteiger partial charge >= 0.3 is 0 Å². The highest BCUT2D eigenvalue weighted by Crippen LogP contribution is 2.22. The number of nitrogens with zero attached hydrogens (tertiary/aromatic N) is 1. The van der Waals surface area contributed by atoms with Crippen molar-refractivity contribution in [1.82, 2.24) is 0 Å². The van der Waals surface area contributed by atoms with Crippen molar-refractivity contribution in [2.45, 2.75) is 20.3 Å². The van der Waals surface area contributed by atoms with E-state index in [1.807, 2.05) is 92.7 Å². The minimum Gasteiger partial charge on any atom is -0.360 e. The lowest BCUT2D eigenvalue weighted by Crippen LogP contribution is -2.16. The van der Waals surface area contributed by atoms with Crippen molar-refractivity contribution in [3.05, 3.63) is 95.7 Å². The number of anilines is 4. The summed E-state index contributed by atoms with van der Waals surface area (Å²) in [7, 11) is 0. The molecule has 3 aromatic rings. The van der Waals surface area contributed by atoms with Crippen LogP contribution >= 0.6 is 0 Å². The molecule has 150 valence electrons. The molecule has 0 saturated heterocycles. The third-order valence-corrected chi connectivity index (χ3v) is 4.67. The van der Waals surface area contributed by atoms with Crippen LogP contribution in [0.4, 0.5) is 22.7 Å². The summed E-state index contributed by atoms with van der Waals surface area (Å²) in [5, 5.41) is 18.6. The quantitative estimate of drug-likeness (QED) is 0.350. The molecule has 0 unspecified atom stereocenters. The van der Waals surface area contributed by atoms with E-state index in [-0.39, 0.29) is 5.57 Å². The molecule has 0 radical (unpaired) electrons. The first kappa shape index (κ1) is 20.7. The molecular formula is C25H24N4O. The van der Waals surface area contributed by atoms with Gasteiger partial charge in [0.05, 0.1) is 0 Å². The van der Waals surface area contributed by atoms with Crippen molar-refractivity contribution in [2.24, 2.45) is 0 Å². The van der Waals surface area contributed by atoms with E-state index in [4.69, 9.17) is 0 Å². The molecule has 0 fully saturated rings. The molecule has 0 aromatic heterocycles. The first-order chi connectivity index (χ1) is 14.6. The summed E-state index contributed by atoms with van der Waals surface area (Å²) in [6.07, 6.45) is 2.23. The maximum Gasteiger partial charge on any atom is 0.267 e. The van der Waals surface area contributed by atoms with Crippen molar-refractivity contribution in [2.75, 3.05) is 16.0 Å². The molecule has 30 heavy (non-hydrogen) atoms. The van der Waals surface area contributed by atoms with Gasteiger partial charge in [-0.15, -0.1) is 0 Å². The second kappa shape index (κ2) is 9.94. The molecule has 0 aliphatic heterocycles. The van der Waals surface area contributed by atoms with Crippen LogP contribution in [0.15, 0.2) is 84.6 Å². The number of nitrogens with one attached hydrogen (secondary N) is 3. The number of carbonyl (C=O) groups excluding carboxylic acids is 1. The molecule has 3 N–H and O–H groups in total. The topological polar surface area (TPSA) is 77.0 Å². The number of para-hydroxylation sites is 2. The molecule has 3 rings (SSSR count). The highest BCUT2D eigenvalue weighted by molar-refractivity contribution is 6.07. The van der Waals surface area contributed by atoms with Crippen molar-refractivity contribution in [3.63, 3.8) is 0 Å². The van der Waals surface area contributed by atoms with Crippen LogP contribution in [0.25, 0.3) is 0 Å². The van der Waals surface area contributed by atoms with Crippen molar-refractivity contribution < 1.29 is 4.79 Å². The van der Waals surface area contributed by atoms with E-state index >= 15 is 0 Å². The van der Waals surface area contributed by atoms with Gasteiger partial charge in [0, 0.05) is 28.9 Å². The van der Waals surface area contributed by atoms with Gasteiger partial charge in [-0.2, -0.15) is 5.26 Å². The Kier molecular flexibility index (Phi) is 6.86. The summed E-state index contributed by atoms with van der Waals surface area (Å²) >= 11 is 0. The molecule has 0 aliphatic carbocycles. The lowest BCUT2D eigenvalue weighted by atomic mass is 10.1. The van der Waals surface area contributed by atoms with Gasteiger partial charge in [-0.25, -0.2) is 0 Å². The van der Waals surface area contributed by atoms with Crippen molar-refractivity contribution >= 4 is 28.7 Å². The fourth-order valence-corrected chi connectivity index (χ4v) is 3.02. The number of rotatable bonds is 7. The molecule has 0 aliphatic rings. The van der Waals surface area contributed by atoms with E-state index in [1.165, 1.54) is 6.20 Å². The monoisotopic (exact) mass is 396 g/mol. The van der Waals surface area contributed by atoms with Crippen LogP contribution in [-0.4, -0.2) is 5.91 Å². The van der Waals surface area contributed by atoms with Crippen LogP contribution in [0, 0.1) is 18.3 Å². The summed E-state index contributed by atoms with van der Waals surface area (Å²) in [5.41, 5.74) is 5.50. The number of amides is 1. The predicted octanol–water partition coefficient (Wildman–Crippen LogP) is 5.76. The first-order valence-electron chi connectivity index (χ1n) is 9.79. The summed E-state index contributed by atoms with van der Waals surface area (Å²) in [5.74, 6) is -0.434. The third kappa shape index (κ3) is 5.27. The standard InChI is InChI=1S/C25H24N4O/c1-3-19-9-7-8-18(2)24(19)29-25(30)20(16-26)17-27-21-12-14-23(15-13-21)28-22-10-5-4-6-11-22/h4-15,17,27-28H,3H2,1-2H3,(H,29,30)/b20-17-. The number of hydrogen-bond acceptors (Lipinski definition) is 4. The molecule has 0 spiro atoms. The molecule has 0 saturated carbocycles. The number of nitriles is 1. The number of hydrogen-bond donors (Lipinski definition) is 3. The minimum absolute atomic E-state index is 0.00629. The Morgan fingerprint density at radius 2 is 1.60 bits per heavy atom. The van der Waals surface area contributed by atoms with E-state index in [1.54, 1.807) is 0 Å². The lowest BCUT2D eigenvalue weighted by Gasteiger charge is -2.12. The summed E-state index contributed by atoms with van der Waals surface area (Å²) in [4.78, 5) is 12.6. The van der Waals surface area contributed by atoms with Crippen molar-refractivity contribution in [1.29, 1.82) is 5.26 Å². The van der Waals surface area contributed by atoms with Gasteiger partial charge < -0.3 is 16.0 Å². The minimum atomic E-state index is -0.434. The average molecular weight is 396 g/mol. The Bertz CT molecular complexity index is 1080. The van der Waals surface area contributed by atoms with E-state index in [0.29, 0.717) is 0 Å². The van der Waals surface area contributed by atoms with Crippen molar-refractivity contribution in [3.8, 4) is 6.07 Å². The lowest BCUT2D eigenvalue weighted by molar-refractivity contribution is -0.112. The molecule has 5 nitrogen and oxygen atoms in total. The van der Waals surface area contributed by atoms with Gasteiger partial charge in [0.2, 0.25) is 0 Å². The predicted molar refractivity (Wildman–Crippen MR) is 123 cm³/mol. The summed E-state index contributed by atoms with van der Waals surface area (Å²) < 4.78 is 0. The molecule has 0 atom stereocenters. The fourth-order valence-electron chi connectivity index (χ4n) is 3.02. The largest absolute Gasteiger partial charge is 0.360 e. The Labute approximate surface area is 177 Å². The number of benzene rings is 3. The van der Waals surface area contributed by atoms with Crippen LogP contribution in [-0.2, 0) is 11.2 Å². The molecular weight excluding hydrogens is 372 g/mol. The summed E-state index contributed by atoms with van der Waals surface area (Å²) in [6, 6.07) is 25.3. The zero-order valence-electron chi connectivity index (χ0n) is 17.1. The van der Waals surface area contributed by atoms with Crippen LogP contribution in [0.3, 0.4) is 0 Å². The maximum atomic E-state index is 12.6. The molecule has 1 amide bonds. The Hall–Kier alpha value is -4.04. The third-order valence-electron chi connectivity index (χ3n) is 4.67. The van der Waals surface area contributed by atoms with Gasteiger partial charge in [0.15, 0.2) is 0 Å². The first-order valence-corrected chi connectivity index (χ1v) is 9.79. The highest BCUT2D eigenvalue weighted by Gasteiger charge is 2.13. The Morgan fingerprint density at radius 1 is 0.933 bits per heavy atom. The Balaban J connectivity index is 1.67. The second-order valence-corrected chi connectivity index (χ2v) is 6.80. The fraction of sp³-hybridized carbons (Fsp3) is 0.120. The number of carbonyl (C=O) groups is 1. The smallest absolute Gasteiger partial charge is 0.267 e. The maximum absolute atomic E-state index is 12.6. The number of aryl methyl sites for hydroxylation is 2. The van der Waals surface area contributed by atoms with Gasteiger partial charge in [0.25, 0.3) is 5.91 Å². The van der Waals surface area contributed by atoms with Crippen LogP contribution in [0.1, 0.15) is 18.1 Å². The van der Waals surface area contributed by atoms with E-state index in [0.717, 1.165) is 40.3 Å². The van der Waals surface area contributed by atoms with Crippen LogP contribution < -0.4 is 16.0 Å².